The van der Waals surface area contributed by atoms with Crippen LogP contribution in [0.2, 0.25) is 0 Å². The van der Waals surface area contributed by atoms with Gasteiger partial charge in [0.15, 0.2) is 5.52 Å². The number of hydrogen-bond acceptors (Lipinski definition) is 7. The maximum atomic E-state index is 10.9. The Labute approximate surface area is 108 Å². The van der Waals surface area contributed by atoms with Crippen LogP contribution in [0.25, 0.3) is 11.0 Å². The largest absolute Gasteiger partial charge is 0.395 e. The van der Waals surface area contributed by atoms with Gasteiger partial charge in [-0.3, -0.25) is 10.1 Å². The van der Waals surface area contributed by atoms with Gasteiger partial charge in [-0.05, 0) is 16.4 Å². The SMILES string of the molecule is C=CCN(CCO)c1ccc([N+](=O)[O-])c2nonc12. The zero-order valence-corrected chi connectivity index (χ0v) is 10.0. The Balaban J connectivity index is 2.55. The van der Waals surface area contributed by atoms with Crippen molar-refractivity contribution in [1.82, 2.24) is 10.3 Å². The molecule has 0 saturated carbocycles. The Morgan fingerprint density at radius 2 is 2.21 bits per heavy atom. The maximum Gasteiger partial charge on any atom is 0.300 e. The lowest BCUT2D eigenvalue weighted by Crippen LogP contribution is -2.26. The monoisotopic (exact) mass is 264 g/mol. The Hall–Kier alpha value is -2.48. The summed E-state index contributed by atoms with van der Waals surface area (Å²) in [7, 11) is 0. The van der Waals surface area contributed by atoms with E-state index in [-0.39, 0.29) is 17.8 Å². The summed E-state index contributed by atoms with van der Waals surface area (Å²) in [4.78, 5) is 12.1. The van der Waals surface area contributed by atoms with Crippen molar-refractivity contribution in [1.29, 1.82) is 0 Å². The molecule has 100 valence electrons. The molecular weight excluding hydrogens is 252 g/mol. The third kappa shape index (κ3) is 2.38. The normalized spacial score (nSPS) is 10.6. The highest BCUT2D eigenvalue weighted by molar-refractivity contribution is 5.93. The summed E-state index contributed by atoms with van der Waals surface area (Å²) in [6.45, 7) is 4.40. The van der Waals surface area contributed by atoms with Gasteiger partial charge in [0.25, 0.3) is 0 Å². The minimum Gasteiger partial charge on any atom is -0.395 e. The molecular formula is C11H12N4O4. The topological polar surface area (TPSA) is 106 Å². The zero-order chi connectivity index (χ0) is 13.8. The fourth-order valence-corrected chi connectivity index (χ4v) is 1.83. The second-order valence-electron chi connectivity index (χ2n) is 3.78. The quantitative estimate of drug-likeness (QED) is 0.473. The van der Waals surface area contributed by atoms with Crippen LogP contribution in [0.3, 0.4) is 0 Å². The molecule has 0 unspecified atom stereocenters. The van der Waals surface area contributed by atoms with Crippen molar-refractivity contribution in [3.8, 4) is 0 Å². The van der Waals surface area contributed by atoms with Gasteiger partial charge in [0.05, 0.1) is 17.2 Å². The van der Waals surface area contributed by atoms with Gasteiger partial charge < -0.3 is 10.0 Å². The van der Waals surface area contributed by atoms with Crippen molar-refractivity contribution >= 4 is 22.4 Å². The van der Waals surface area contributed by atoms with Crippen molar-refractivity contribution in [2.24, 2.45) is 0 Å². The summed E-state index contributed by atoms with van der Waals surface area (Å²) < 4.78 is 4.58. The summed E-state index contributed by atoms with van der Waals surface area (Å²) in [6.07, 6.45) is 1.66. The molecule has 0 aliphatic rings. The standard InChI is InChI=1S/C11H12N4O4/c1-2-5-14(6-7-16)8-3-4-9(15(17)18)11-10(8)12-19-13-11/h2-4,16H,1,5-7H2. The van der Waals surface area contributed by atoms with Gasteiger partial charge in [0.1, 0.15) is 0 Å². The lowest BCUT2D eigenvalue weighted by Gasteiger charge is -2.21. The van der Waals surface area contributed by atoms with E-state index in [0.717, 1.165) is 0 Å². The summed E-state index contributed by atoms with van der Waals surface area (Å²) in [5, 5.41) is 27.2. The molecule has 2 aromatic rings. The molecule has 1 heterocycles. The molecule has 8 heteroatoms. The molecule has 1 aromatic carbocycles. The first-order valence-corrected chi connectivity index (χ1v) is 5.55. The average Bonchev–Trinajstić information content (AvgIpc) is 2.86. The van der Waals surface area contributed by atoms with Gasteiger partial charge in [0.2, 0.25) is 5.52 Å². The van der Waals surface area contributed by atoms with E-state index in [0.29, 0.717) is 24.3 Å². The van der Waals surface area contributed by atoms with Crippen molar-refractivity contribution in [2.45, 2.75) is 0 Å². The van der Waals surface area contributed by atoms with Gasteiger partial charge in [-0.2, -0.15) is 0 Å². The minimum absolute atomic E-state index is 0.0579. The Morgan fingerprint density at radius 3 is 2.84 bits per heavy atom. The number of nitro groups is 1. The molecule has 0 radical (unpaired) electrons. The first-order chi connectivity index (χ1) is 9.19. The number of non-ortho nitro benzene ring substituents is 1. The second-order valence-corrected chi connectivity index (χ2v) is 3.78. The van der Waals surface area contributed by atoms with Crippen LogP contribution in [-0.2, 0) is 0 Å². The minimum atomic E-state index is -0.541. The first kappa shape index (κ1) is 13.0. The average molecular weight is 264 g/mol. The maximum absolute atomic E-state index is 10.9. The molecule has 2 rings (SSSR count). The van der Waals surface area contributed by atoms with E-state index >= 15 is 0 Å². The predicted molar refractivity (Wildman–Crippen MR) is 68.0 cm³/mol. The molecule has 0 atom stereocenters. The van der Waals surface area contributed by atoms with Crippen LogP contribution in [-0.4, -0.2) is 40.0 Å². The molecule has 0 fully saturated rings. The number of hydrogen-bond donors (Lipinski definition) is 1. The van der Waals surface area contributed by atoms with Crippen LogP contribution in [0.15, 0.2) is 29.4 Å². The molecule has 0 bridgehead atoms. The molecule has 0 amide bonds. The molecule has 1 aromatic heterocycles. The van der Waals surface area contributed by atoms with Crippen molar-refractivity contribution in [3.63, 3.8) is 0 Å². The van der Waals surface area contributed by atoms with E-state index in [2.05, 4.69) is 21.5 Å². The van der Waals surface area contributed by atoms with Crippen LogP contribution in [0.4, 0.5) is 11.4 Å². The summed E-state index contributed by atoms with van der Waals surface area (Å²) in [5.74, 6) is 0. The van der Waals surface area contributed by atoms with E-state index < -0.39 is 4.92 Å². The molecule has 1 N–H and O–H groups in total. The number of nitrogens with zero attached hydrogens (tertiary/aromatic N) is 4. The second kappa shape index (κ2) is 5.44. The van der Waals surface area contributed by atoms with Gasteiger partial charge in [-0.25, -0.2) is 4.63 Å². The fourth-order valence-electron chi connectivity index (χ4n) is 1.83. The number of nitro benzene ring substituents is 1. The number of aliphatic hydroxyl groups excluding tert-OH is 1. The first-order valence-electron chi connectivity index (χ1n) is 5.55. The van der Waals surface area contributed by atoms with Crippen molar-refractivity contribution in [2.75, 3.05) is 24.6 Å². The highest BCUT2D eigenvalue weighted by Gasteiger charge is 2.21. The highest BCUT2D eigenvalue weighted by atomic mass is 16.6. The third-order valence-electron chi connectivity index (χ3n) is 2.63. The number of anilines is 1. The van der Waals surface area contributed by atoms with Gasteiger partial charge in [0, 0.05) is 19.2 Å². The van der Waals surface area contributed by atoms with Crippen molar-refractivity contribution < 1.29 is 14.7 Å². The predicted octanol–water partition coefficient (Wildman–Crippen LogP) is 1.12. The molecule has 19 heavy (non-hydrogen) atoms. The highest BCUT2D eigenvalue weighted by Crippen LogP contribution is 2.30. The van der Waals surface area contributed by atoms with Gasteiger partial charge in [-0.1, -0.05) is 6.08 Å². The summed E-state index contributed by atoms with van der Waals surface area (Å²) in [6, 6.07) is 2.90. The Bertz CT molecular complexity index is 610. The number of rotatable bonds is 6. The zero-order valence-electron chi connectivity index (χ0n) is 10.0. The van der Waals surface area contributed by atoms with E-state index in [1.807, 2.05) is 0 Å². The molecule has 8 nitrogen and oxygen atoms in total. The van der Waals surface area contributed by atoms with Crippen LogP contribution < -0.4 is 4.90 Å². The van der Waals surface area contributed by atoms with Crippen molar-refractivity contribution in [3.05, 3.63) is 34.9 Å². The van der Waals surface area contributed by atoms with E-state index in [9.17, 15) is 10.1 Å². The van der Waals surface area contributed by atoms with Crippen LogP contribution in [0.1, 0.15) is 0 Å². The van der Waals surface area contributed by atoms with E-state index in [1.54, 1.807) is 17.0 Å². The molecule has 0 aliphatic carbocycles. The molecule has 0 saturated heterocycles. The smallest absolute Gasteiger partial charge is 0.300 e. The van der Waals surface area contributed by atoms with E-state index in [1.165, 1.54) is 6.07 Å². The summed E-state index contributed by atoms with van der Waals surface area (Å²) in [5.41, 5.74) is 0.831. The fraction of sp³-hybridized carbons (Fsp3) is 0.273. The number of aliphatic hydroxyl groups is 1. The third-order valence-corrected chi connectivity index (χ3v) is 2.63. The number of fused-ring (bicyclic) bond motifs is 1. The van der Waals surface area contributed by atoms with Crippen LogP contribution >= 0.6 is 0 Å². The Kier molecular flexibility index (Phi) is 3.71. The molecule has 0 aliphatic heterocycles. The van der Waals surface area contributed by atoms with E-state index in [4.69, 9.17) is 5.11 Å². The van der Waals surface area contributed by atoms with Crippen LogP contribution in [0, 0.1) is 10.1 Å². The molecule has 0 spiro atoms. The Morgan fingerprint density at radius 1 is 1.47 bits per heavy atom. The summed E-state index contributed by atoms with van der Waals surface area (Å²) >= 11 is 0. The number of benzene rings is 1. The van der Waals surface area contributed by atoms with Gasteiger partial charge in [-0.15, -0.1) is 6.58 Å². The lowest BCUT2D eigenvalue weighted by atomic mass is 10.2. The van der Waals surface area contributed by atoms with Gasteiger partial charge >= 0.3 is 5.69 Å². The number of aromatic nitrogens is 2. The lowest BCUT2D eigenvalue weighted by molar-refractivity contribution is -0.383. The van der Waals surface area contributed by atoms with Crippen LogP contribution in [0.5, 0.6) is 0 Å².